The largest absolute Gasteiger partial charge is 0.467 e. The van der Waals surface area contributed by atoms with Crippen LogP contribution in [0, 0.1) is 6.92 Å². The third kappa shape index (κ3) is 5.34. The summed E-state index contributed by atoms with van der Waals surface area (Å²) in [6.07, 6.45) is 0.381. The van der Waals surface area contributed by atoms with Crippen molar-refractivity contribution in [2.24, 2.45) is 0 Å². The molecule has 1 aromatic heterocycles. The average Bonchev–Trinajstić information content (AvgIpc) is 2.61. The van der Waals surface area contributed by atoms with Crippen molar-refractivity contribution in [3.05, 3.63) is 30.1 Å². The summed E-state index contributed by atoms with van der Waals surface area (Å²) in [5, 5.41) is 2.69. The summed E-state index contributed by atoms with van der Waals surface area (Å²) in [4.78, 5) is 11.3. The second kappa shape index (κ2) is 8.59. The van der Waals surface area contributed by atoms with Crippen molar-refractivity contribution in [2.75, 3.05) is 24.8 Å². The number of nitrogens with zero attached hydrogens (tertiary/aromatic N) is 3. The minimum Gasteiger partial charge on any atom is -0.467 e. The number of aryl methyl sites for hydroxylation is 1. The van der Waals surface area contributed by atoms with E-state index in [4.69, 9.17) is 4.74 Å². The maximum Gasteiger partial charge on any atom is 0.321 e. The van der Waals surface area contributed by atoms with E-state index >= 15 is 0 Å². The lowest BCUT2D eigenvalue weighted by Crippen LogP contribution is -2.31. The van der Waals surface area contributed by atoms with Crippen LogP contribution < -0.4 is 14.8 Å². The summed E-state index contributed by atoms with van der Waals surface area (Å²) in [6, 6.07) is 5.57. The Balaban J connectivity index is 2.20. The van der Waals surface area contributed by atoms with Crippen molar-refractivity contribution < 1.29 is 21.6 Å². The molecule has 0 spiro atoms. The number of methoxy groups -OCH3 is 1. The smallest absolute Gasteiger partial charge is 0.321 e. The molecule has 0 unspecified atom stereocenters. The number of hydrogen-bond acceptors (Lipinski definition) is 9. The molecule has 0 fully saturated rings. The van der Waals surface area contributed by atoms with E-state index in [1.807, 2.05) is 0 Å². The van der Waals surface area contributed by atoms with Crippen molar-refractivity contribution in [3.8, 4) is 6.01 Å². The highest BCUT2D eigenvalue weighted by Gasteiger charge is 2.25. The Kier molecular flexibility index (Phi) is 6.68. The maximum absolute atomic E-state index is 12.6. The number of hydrogen-bond donors (Lipinski definition) is 2. The van der Waals surface area contributed by atoms with Crippen molar-refractivity contribution >= 4 is 25.8 Å². The predicted octanol–water partition coefficient (Wildman–Crippen LogP) is 0.720. The van der Waals surface area contributed by atoms with Gasteiger partial charge in [-0.15, -0.1) is 0 Å². The number of benzene rings is 1. The zero-order valence-electron chi connectivity index (χ0n) is 15.1. The summed E-state index contributed by atoms with van der Waals surface area (Å²) in [7, 11) is -6.39. The molecule has 2 rings (SSSR count). The van der Waals surface area contributed by atoms with Crippen molar-refractivity contribution in [1.82, 2.24) is 19.7 Å². The van der Waals surface area contributed by atoms with Gasteiger partial charge in [0.15, 0.2) is 9.84 Å². The van der Waals surface area contributed by atoms with E-state index in [2.05, 4.69) is 25.0 Å². The van der Waals surface area contributed by atoms with Crippen LogP contribution in [-0.2, 0) is 19.9 Å². The van der Waals surface area contributed by atoms with Gasteiger partial charge in [-0.05, 0) is 25.5 Å². The van der Waals surface area contributed by atoms with Crippen molar-refractivity contribution in [3.63, 3.8) is 0 Å². The summed E-state index contributed by atoms with van der Waals surface area (Å²) >= 11 is 0. The van der Waals surface area contributed by atoms with Crippen LogP contribution in [0.4, 0.5) is 5.95 Å². The van der Waals surface area contributed by atoms with Gasteiger partial charge in [0.25, 0.3) is 0 Å². The molecule has 0 aliphatic heterocycles. The van der Waals surface area contributed by atoms with E-state index in [0.29, 0.717) is 12.2 Å². The van der Waals surface area contributed by atoms with Crippen molar-refractivity contribution in [2.45, 2.75) is 30.1 Å². The fourth-order valence-corrected chi connectivity index (χ4v) is 5.36. The lowest BCUT2D eigenvalue weighted by Gasteiger charge is -2.12. The van der Waals surface area contributed by atoms with Crippen LogP contribution >= 0.6 is 0 Å². The molecule has 148 valence electrons. The van der Waals surface area contributed by atoms with Gasteiger partial charge in [0.2, 0.25) is 16.0 Å². The molecule has 0 atom stereocenters. The van der Waals surface area contributed by atoms with Crippen LogP contribution in [0.5, 0.6) is 6.01 Å². The first-order chi connectivity index (χ1) is 12.7. The molecule has 2 aromatic rings. The fraction of sp³-hybridized carbons (Fsp3) is 0.400. The third-order valence-electron chi connectivity index (χ3n) is 3.36. The molecule has 0 bridgehead atoms. The van der Waals surface area contributed by atoms with Gasteiger partial charge in [-0.3, -0.25) is 0 Å². The van der Waals surface area contributed by atoms with E-state index in [1.165, 1.54) is 31.4 Å². The van der Waals surface area contributed by atoms with Gasteiger partial charge in [0.05, 0.1) is 24.4 Å². The maximum atomic E-state index is 12.6. The SMILES string of the molecule is CCCS(=O)(=O)c1ccccc1S(=O)(=O)NCNc1nc(C)nc(OC)n1. The van der Waals surface area contributed by atoms with E-state index in [0.717, 1.165) is 0 Å². The van der Waals surface area contributed by atoms with Gasteiger partial charge in [0, 0.05) is 0 Å². The van der Waals surface area contributed by atoms with E-state index in [9.17, 15) is 16.8 Å². The zero-order valence-corrected chi connectivity index (χ0v) is 16.8. The summed E-state index contributed by atoms with van der Waals surface area (Å²) in [5.74, 6) is 0.374. The summed E-state index contributed by atoms with van der Waals surface area (Å²) in [5.41, 5.74) is 0. The minimum atomic E-state index is -4.08. The number of aromatic nitrogens is 3. The lowest BCUT2D eigenvalue weighted by molar-refractivity contribution is 0.377. The second-order valence-corrected chi connectivity index (χ2v) is 9.27. The number of nitrogens with one attached hydrogen (secondary N) is 2. The molecular formula is C15H21N5O5S2. The normalized spacial score (nSPS) is 12.0. The van der Waals surface area contributed by atoms with Crippen LogP contribution in [0.25, 0.3) is 0 Å². The Hall–Kier alpha value is -2.31. The molecule has 0 amide bonds. The Labute approximate surface area is 158 Å². The van der Waals surface area contributed by atoms with E-state index in [-0.39, 0.29) is 34.2 Å². The van der Waals surface area contributed by atoms with Gasteiger partial charge < -0.3 is 10.1 Å². The first-order valence-corrected chi connectivity index (χ1v) is 11.1. The molecule has 12 heteroatoms. The average molecular weight is 415 g/mol. The Morgan fingerprint density at radius 2 is 1.70 bits per heavy atom. The van der Waals surface area contributed by atoms with Crippen molar-refractivity contribution in [1.29, 1.82) is 0 Å². The number of sulfone groups is 1. The van der Waals surface area contributed by atoms with Gasteiger partial charge in [-0.2, -0.15) is 19.7 Å². The van der Waals surface area contributed by atoms with Crippen LogP contribution in [0.15, 0.2) is 34.1 Å². The number of ether oxygens (including phenoxy) is 1. The van der Waals surface area contributed by atoms with Crippen LogP contribution in [0.1, 0.15) is 19.2 Å². The quantitative estimate of drug-likeness (QED) is 0.567. The summed E-state index contributed by atoms with van der Waals surface area (Å²) < 4.78 is 57.1. The molecule has 10 nitrogen and oxygen atoms in total. The Morgan fingerprint density at radius 1 is 1.04 bits per heavy atom. The molecule has 0 saturated carbocycles. The first-order valence-electron chi connectivity index (χ1n) is 8.01. The molecule has 0 saturated heterocycles. The predicted molar refractivity (Wildman–Crippen MR) is 98.7 cm³/mol. The van der Waals surface area contributed by atoms with Gasteiger partial charge >= 0.3 is 6.01 Å². The highest BCUT2D eigenvalue weighted by molar-refractivity contribution is 7.93. The van der Waals surface area contributed by atoms with Crippen LogP contribution in [0.2, 0.25) is 0 Å². The molecule has 2 N–H and O–H groups in total. The fourth-order valence-electron chi connectivity index (χ4n) is 2.22. The molecule has 1 aromatic carbocycles. The Morgan fingerprint density at radius 3 is 2.33 bits per heavy atom. The number of sulfonamides is 1. The van der Waals surface area contributed by atoms with Gasteiger partial charge in [-0.1, -0.05) is 19.1 Å². The molecule has 0 radical (unpaired) electrons. The standard InChI is InChI=1S/C15H21N5O5S2/c1-4-9-26(21,22)12-7-5-6-8-13(12)27(23,24)17-10-16-14-18-11(2)19-15(20-14)25-3/h5-8,17H,4,9-10H2,1-3H3,(H,16,18,19,20). The molecule has 27 heavy (non-hydrogen) atoms. The van der Waals surface area contributed by atoms with Crippen LogP contribution in [-0.4, -0.2) is 51.3 Å². The third-order valence-corrected chi connectivity index (χ3v) is 6.92. The molecule has 0 aliphatic rings. The number of anilines is 1. The zero-order chi connectivity index (χ0) is 20.1. The first kappa shape index (κ1) is 21.0. The van der Waals surface area contributed by atoms with Gasteiger partial charge in [-0.25, -0.2) is 16.8 Å². The molecule has 1 heterocycles. The molecular weight excluding hydrogens is 394 g/mol. The van der Waals surface area contributed by atoms with E-state index in [1.54, 1.807) is 13.8 Å². The van der Waals surface area contributed by atoms with Gasteiger partial charge in [0.1, 0.15) is 10.7 Å². The topological polar surface area (TPSA) is 140 Å². The number of rotatable bonds is 9. The second-order valence-electron chi connectivity index (χ2n) is 5.46. The Bertz CT molecular complexity index is 1010. The lowest BCUT2D eigenvalue weighted by atomic mass is 10.4. The van der Waals surface area contributed by atoms with Crippen LogP contribution in [0.3, 0.4) is 0 Å². The monoisotopic (exact) mass is 415 g/mol. The van der Waals surface area contributed by atoms with E-state index < -0.39 is 19.9 Å². The highest BCUT2D eigenvalue weighted by Crippen LogP contribution is 2.22. The molecule has 0 aliphatic carbocycles. The minimum absolute atomic E-state index is 0.0869. The highest BCUT2D eigenvalue weighted by atomic mass is 32.2. The summed E-state index contributed by atoms with van der Waals surface area (Å²) in [6.45, 7) is 3.09.